The largest absolute Gasteiger partial charge is 0.339 e. The second-order valence-corrected chi connectivity index (χ2v) is 9.37. The number of nitrogens with zero attached hydrogens (tertiary/aromatic N) is 2. The number of rotatable bonds is 3. The predicted molar refractivity (Wildman–Crippen MR) is 106 cm³/mol. The molecule has 1 saturated heterocycles. The fourth-order valence-corrected chi connectivity index (χ4v) is 3.21. The molecule has 0 bridgehead atoms. The van der Waals surface area contributed by atoms with E-state index >= 15 is 0 Å². The summed E-state index contributed by atoms with van der Waals surface area (Å²) < 4.78 is 0. The van der Waals surface area contributed by atoms with E-state index in [2.05, 4.69) is 45.0 Å². The van der Waals surface area contributed by atoms with Crippen LogP contribution in [0.4, 0.5) is 0 Å². The molecule has 1 aliphatic rings. The van der Waals surface area contributed by atoms with Gasteiger partial charge in [0.1, 0.15) is 0 Å². The summed E-state index contributed by atoms with van der Waals surface area (Å²) in [4.78, 5) is 28.6. The Kier molecular flexibility index (Phi) is 6.15. The third-order valence-corrected chi connectivity index (χ3v) is 5.01. The van der Waals surface area contributed by atoms with E-state index < -0.39 is 0 Å². The zero-order valence-corrected chi connectivity index (χ0v) is 17.3. The highest BCUT2D eigenvalue weighted by atomic mass is 16.2. The van der Waals surface area contributed by atoms with Crippen LogP contribution in [0.2, 0.25) is 0 Å². The second-order valence-electron chi connectivity index (χ2n) is 9.37. The van der Waals surface area contributed by atoms with E-state index in [1.165, 1.54) is 11.1 Å². The van der Waals surface area contributed by atoms with Gasteiger partial charge in [0.05, 0.1) is 0 Å². The van der Waals surface area contributed by atoms with E-state index in [4.69, 9.17) is 0 Å². The Balaban J connectivity index is 1.82. The molecule has 26 heavy (non-hydrogen) atoms. The summed E-state index contributed by atoms with van der Waals surface area (Å²) in [6.07, 6.45) is 1.30. The van der Waals surface area contributed by atoms with Crippen LogP contribution in [0, 0.1) is 5.41 Å². The van der Waals surface area contributed by atoms with Crippen molar-refractivity contribution in [1.29, 1.82) is 0 Å². The molecule has 1 aromatic rings. The van der Waals surface area contributed by atoms with E-state index in [9.17, 15) is 9.59 Å². The first-order valence-electron chi connectivity index (χ1n) is 9.65. The molecule has 2 rings (SSSR count). The normalized spacial score (nSPS) is 15.9. The Morgan fingerprint density at radius 3 is 1.81 bits per heavy atom. The van der Waals surface area contributed by atoms with Crippen LogP contribution in [0.5, 0.6) is 0 Å². The van der Waals surface area contributed by atoms with Gasteiger partial charge in [-0.2, -0.15) is 0 Å². The van der Waals surface area contributed by atoms with Crippen LogP contribution in [-0.4, -0.2) is 47.8 Å². The molecular formula is C22H34N2O2. The molecule has 0 aliphatic carbocycles. The van der Waals surface area contributed by atoms with Crippen LogP contribution in [0.15, 0.2) is 24.3 Å². The number of piperazine rings is 1. The Labute approximate surface area is 158 Å². The van der Waals surface area contributed by atoms with Gasteiger partial charge in [0.15, 0.2) is 0 Å². The SMILES string of the molecule is CC(C)(C)C(=O)N1CCN(C(=O)CCc2ccc(C(C)(C)C)cc2)CC1. The quantitative estimate of drug-likeness (QED) is 0.828. The molecule has 1 aliphatic heterocycles. The molecule has 144 valence electrons. The van der Waals surface area contributed by atoms with Crippen LogP contribution < -0.4 is 0 Å². The van der Waals surface area contributed by atoms with Gasteiger partial charge in [-0.25, -0.2) is 0 Å². The summed E-state index contributed by atoms with van der Waals surface area (Å²) in [5.74, 6) is 0.358. The summed E-state index contributed by atoms with van der Waals surface area (Å²) in [6.45, 7) is 15.0. The summed E-state index contributed by atoms with van der Waals surface area (Å²) in [5.41, 5.74) is 2.31. The van der Waals surface area contributed by atoms with E-state index in [0.717, 1.165) is 6.42 Å². The molecular weight excluding hydrogens is 324 g/mol. The second kappa shape index (κ2) is 7.81. The molecule has 0 radical (unpaired) electrons. The third kappa shape index (κ3) is 5.33. The minimum atomic E-state index is -0.356. The maximum absolute atomic E-state index is 12.5. The van der Waals surface area contributed by atoms with Crippen molar-refractivity contribution < 1.29 is 9.59 Å². The highest BCUT2D eigenvalue weighted by Gasteiger charge is 2.30. The first-order valence-corrected chi connectivity index (χ1v) is 9.65. The van der Waals surface area contributed by atoms with Crippen molar-refractivity contribution >= 4 is 11.8 Å². The maximum atomic E-state index is 12.5. The monoisotopic (exact) mass is 358 g/mol. The van der Waals surface area contributed by atoms with Gasteiger partial charge >= 0.3 is 0 Å². The van der Waals surface area contributed by atoms with Gasteiger partial charge in [-0.1, -0.05) is 65.8 Å². The first-order chi connectivity index (χ1) is 12.0. The molecule has 1 aromatic carbocycles. The fourth-order valence-electron chi connectivity index (χ4n) is 3.21. The lowest BCUT2D eigenvalue weighted by Crippen LogP contribution is -2.53. The molecule has 0 atom stereocenters. The number of amides is 2. The van der Waals surface area contributed by atoms with Gasteiger partial charge in [-0.3, -0.25) is 9.59 Å². The van der Waals surface area contributed by atoms with E-state index in [0.29, 0.717) is 32.6 Å². The lowest BCUT2D eigenvalue weighted by Gasteiger charge is -2.37. The van der Waals surface area contributed by atoms with Crippen molar-refractivity contribution in [2.45, 2.75) is 59.8 Å². The van der Waals surface area contributed by atoms with Gasteiger partial charge in [0.2, 0.25) is 11.8 Å². The average molecular weight is 359 g/mol. The van der Waals surface area contributed by atoms with Crippen LogP contribution in [0.1, 0.15) is 59.1 Å². The molecule has 4 heteroatoms. The molecule has 0 saturated carbocycles. The molecule has 2 amide bonds. The van der Waals surface area contributed by atoms with Crippen molar-refractivity contribution in [3.63, 3.8) is 0 Å². The number of hydrogen-bond acceptors (Lipinski definition) is 2. The predicted octanol–water partition coefficient (Wildman–Crippen LogP) is 3.63. The molecule has 0 aromatic heterocycles. The van der Waals surface area contributed by atoms with Gasteiger partial charge in [0, 0.05) is 38.0 Å². The molecule has 1 heterocycles. The number of aryl methyl sites for hydroxylation is 1. The summed E-state index contributed by atoms with van der Waals surface area (Å²) in [5, 5.41) is 0. The molecule has 0 unspecified atom stereocenters. The van der Waals surface area contributed by atoms with Gasteiger partial charge in [0.25, 0.3) is 0 Å². The lowest BCUT2D eigenvalue weighted by molar-refractivity contribution is -0.144. The van der Waals surface area contributed by atoms with Gasteiger partial charge in [-0.15, -0.1) is 0 Å². The summed E-state index contributed by atoms with van der Waals surface area (Å²) in [6, 6.07) is 8.59. The van der Waals surface area contributed by atoms with Crippen LogP contribution in [0.25, 0.3) is 0 Å². The highest BCUT2D eigenvalue weighted by Crippen LogP contribution is 2.23. The first kappa shape index (κ1) is 20.5. The maximum Gasteiger partial charge on any atom is 0.228 e. The summed E-state index contributed by atoms with van der Waals surface area (Å²) >= 11 is 0. The standard InChI is InChI=1S/C22H34N2O2/c1-21(2,3)18-10-7-17(8-11-18)9-12-19(25)23-13-15-24(16-14-23)20(26)22(4,5)6/h7-8,10-11H,9,12-16H2,1-6H3. The van der Waals surface area contributed by atoms with E-state index in [1.54, 1.807) is 0 Å². The number of carbonyl (C=O) groups excluding carboxylic acids is 2. The Morgan fingerprint density at radius 2 is 1.35 bits per heavy atom. The smallest absolute Gasteiger partial charge is 0.228 e. The average Bonchev–Trinajstić information content (AvgIpc) is 2.58. The van der Waals surface area contributed by atoms with Crippen LogP contribution in [0.3, 0.4) is 0 Å². The highest BCUT2D eigenvalue weighted by molar-refractivity contribution is 5.82. The van der Waals surface area contributed by atoms with Crippen molar-refractivity contribution in [1.82, 2.24) is 9.80 Å². The molecule has 0 N–H and O–H groups in total. The van der Waals surface area contributed by atoms with Crippen molar-refractivity contribution in [3.8, 4) is 0 Å². The van der Waals surface area contributed by atoms with Gasteiger partial charge < -0.3 is 9.80 Å². The van der Waals surface area contributed by atoms with Crippen molar-refractivity contribution in [2.24, 2.45) is 5.41 Å². The van der Waals surface area contributed by atoms with E-state index in [1.807, 2.05) is 30.6 Å². The zero-order valence-electron chi connectivity index (χ0n) is 17.3. The number of benzene rings is 1. The molecule has 1 fully saturated rings. The van der Waals surface area contributed by atoms with Gasteiger partial charge in [-0.05, 0) is 23.0 Å². The van der Waals surface area contributed by atoms with Crippen molar-refractivity contribution in [2.75, 3.05) is 26.2 Å². The Bertz CT molecular complexity index is 628. The summed E-state index contributed by atoms with van der Waals surface area (Å²) in [7, 11) is 0. The molecule has 0 spiro atoms. The fraction of sp³-hybridized carbons (Fsp3) is 0.636. The van der Waals surface area contributed by atoms with Crippen LogP contribution >= 0.6 is 0 Å². The molecule has 4 nitrogen and oxygen atoms in total. The van der Waals surface area contributed by atoms with Crippen LogP contribution in [-0.2, 0) is 21.4 Å². The topological polar surface area (TPSA) is 40.6 Å². The Morgan fingerprint density at radius 1 is 0.846 bits per heavy atom. The number of carbonyl (C=O) groups is 2. The zero-order chi connectivity index (χ0) is 19.5. The van der Waals surface area contributed by atoms with Crippen molar-refractivity contribution in [3.05, 3.63) is 35.4 Å². The van der Waals surface area contributed by atoms with E-state index in [-0.39, 0.29) is 22.6 Å². The Hall–Kier alpha value is -1.84. The number of hydrogen-bond donors (Lipinski definition) is 0. The minimum Gasteiger partial charge on any atom is -0.339 e. The third-order valence-electron chi connectivity index (χ3n) is 5.01. The minimum absolute atomic E-state index is 0.151. The lowest BCUT2D eigenvalue weighted by atomic mass is 9.86.